The van der Waals surface area contributed by atoms with Gasteiger partial charge in [0, 0.05) is 34.4 Å². The van der Waals surface area contributed by atoms with Crippen molar-refractivity contribution in [3.05, 3.63) is 50.2 Å². The van der Waals surface area contributed by atoms with Crippen LogP contribution in [-0.2, 0) is 0 Å². The number of halogens is 3. The number of anilines is 1. The molecule has 3 heterocycles. The highest BCUT2D eigenvalue weighted by molar-refractivity contribution is 9.11. The molecule has 0 amide bonds. The third kappa shape index (κ3) is 5.14. The predicted molar refractivity (Wildman–Crippen MR) is 93.0 cm³/mol. The Morgan fingerprint density at radius 2 is 1.40 bits per heavy atom. The lowest BCUT2D eigenvalue weighted by atomic mass is 10.4. The van der Waals surface area contributed by atoms with Gasteiger partial charge in [0.2, 0.25) is 0 Å². The van der Waals surface area contributed by atoms with E-state index in [1.807, 2.05) is 24.4 Å². The van der Waals surface area contributed by atoms with Crippen molar-refractivity contribution < 1.29 is 0 Å². The highest BCUT2D eigenvalue weighted by Crippen LogP contribution is 2.18. The van der Waals surface area contributed by atoms with Crippen molar-refractivity contribution in [1.29, 1.82) is 0 Å². The first-order valence-electron chi connectivity index (χ1n) is 6.29. The van der Waals surface area contributed by atoms with Crippen molar-refractivity contribution in [3.63, 3.8) is 0 Å². The van der Waals surface area contributed by atoms with Crippen molar-refractivity contribution in [2.75, 3.05) is 18.0 Å². The van der Waals surface area contributed by atoms with E-state index in [-0.39, 0.29) is 0 Å². The molecule has 0 bridgehead atoms. The van der Waals surface area contributed by atoms with Gasteiger partial charge in [-0.2, -0.15) is 0 Å². The Kier molecular flexibility index (Phi) is 6.45. The second kappa shape index (κ2) is 8.10. The number of pyridine rings is 2. The topological polar surface area (TPSA) is 29.0 Å². The van der Waals surface area contributed by atoms with E-state index in [1.54, 1.807) is 6.20 Å². The first-order valence-corrected chi connectivity index (χ1v) is 8.66. The number of rotatable bonds is 1. The summed E-state index contributed by atoms with van der Waals surface area (Å²) >= 11 is 9.85. The SMILES string of the molecule is Brc1ccc(Br)nc1.Brc1ccc(N2CCCC2)nc1. The van der Waals surface area contributed by atoms with E-state index in [0.717, 1.165) is 32.5 Å². The zero-order valence-electron chi connectivity index (χ0n) is 10.8. The van der Waals surface area contributed by atoms with E-state index >= 15 is 0 Å². The molecule has 3 rings (SSSR count). The van der Waals surface area contributed by atoms with Gasteiger partial charge < -0.3 is 4.90 Å². The molecule has 0 unspecified atom stereocenters. The Labute approximate surface area is 144 Å². The molecule has 1 saturated heterocycles. The monoisotopic (exact) mass is 461 g/mol. The van der Waals surface area contributed by atoms with E-state index in [1.165, 1.54) is 12.8 Å². The minimum absolute atomic E-state index is 0.862. The molecule has 106 valence electrons. The molecule has 3 nitrogen and oxygen atoms in total. The molecular formula is C14H14Br3N3. The maximum Gasteiger partial charge on any atom is 0.128 e. The Morgan fingerprint density at radius 3 is 1.85 bits per heavy atom. The maximum absolute atomic E-state index is 4.34. The highest BCUT2D eigenvalue weighted by atomic mass is 79.9. The normalized spacial score (nSPS) is 13.8. The zero-order chi connectivity index (χ0) is 14.4. The summed E-state index contributed by atoms with van der Waals surface area (Å²) in [5.74, 6) is 1.11. The van der Waals surface area contributed by atoms with Crippen molar-refractivity contribution >= 4 is 53.6 Å². The lowest BCUT2D eigenvalue weighted by Crippen LogP contribution is -2.18. The lowest BCUT2D eigenvalue weighted by Gasteiger charge is -2.15. The van der Waals surface area contributed by atoms with E-state index in [0.29, 0.717) is 0 Å². The van der Waals surface area contributed by atoms with Gasteiger partial charge in [0.25, 0.3) is 0 Å². The summed E-state index contributed by atoms with van der Waals surface area (Å²) in [6, 6.07) is 7.91. The van der Waals surface area contributed by atoms with E-state index < -0.39 is 0 Å². The molecule has 1 aliphatic rings. The smallest absolute Gasteiger partial charge is 0.128 e. The van der Waals surface area contributed by atoms with Gasteiger partial charge in [-0.15, -0.1) is 0 Å². The van der Waals surface area contributed by atoms with Crippen LogP contribution in [0.25, 0.3) is 0 Å². The number of hydrogen-bond acceptors (Lipinski definition) is 3. The fourth-order valence-electron chi connectivity index (χ4n) is 1.86. The average molecular weight is 464 g/mol. The molecule has 1 aliphatic heterocycles. The van der Waals surface area contributed by atoms with Crippen LogP contribution >= 0.6 is 47.8 Å². The van der Waals surface area contributed by atoms with Crippen LogP contribution in [0.15, 0.2) is 50.2 Å². The minimum Gasteiger partial charge on any atom is -0.357 e. The summed E-state index contributed by atoms with van der Waals surface area (Å²) in [4.78, 5) is 10.6. The van der Waals surface area contributed by atoms with Gasteiger partial charge >= 0.3 is 0 Å². The summed E-state index contributed by atoms with van der Waals surface area (Å²) in [6.07, 6.45) is 6.20. The van der Waals surface area contributed by atoms with Gasteiger partial charge in [0.1, 0.15) is 10.4 Å². The lowest BCUT2D eigenvalue weighted by molar-refractivity contribution is 0.936. The highest BCUT2D eigenvalue weighted by Gasteiger charge is 2.12. The van der Waals surface area contributed by atoms with Crippen LogP contribution in [0.2, 0.25) is 0 Å². The van der Waals surface area contributed by atoms with Crippen molar-refractivity contribution in [2.24, 2.45) is 0 Å². The van der Waals surface area contributed by atoms with Gasteiger partial charge in [0.05, 0.1) is 0 Å². The average Bonchev–Trinajstić information content (AvgIpc) is 2.98. The van der Waals surface area contributed by atoms with E-state index in [4.69, 9.17) is 0 Å². The fourth-order valence-corrected chi connectivity index (χ4v) is 2.56. The van der Waals surface area contributed by atoms with Gasteiger partial charge in [-0.25, -0.2) is 9.97 Å². The van der Waals surface area contributed by atoms with Crippen molar-refractivity contribution in [2.45, 2.75) is 12.8 Å². The van der Waals surface area contributed by atoms with Gasteiger partial charge in [-0.3, -0.25) is 0 Å². The van der Waals surface area contributed by atoms with Crippen LogP contribution < -0.4 is 4.90 Å². The molecule has 0 atom stereocenters. The third-order valence-corrected chi connectivity index (χ3v) is 4.24. The van der Waals surface area contributed by atoms with Crippen LogP contribution in [0.1, 0.15) is 12.8 Å². The van der Waals surface area contributed by atoms with Crippen LogP contribution in [-0.4, -0.2) is 23.1 Å². The molecule has 0 aliphatic carbocycles. The van der Waals surface area contributed by atoms with E-state index in [9.17, 15) is 0 Å². The van der Waals surface area contributed by atoms with Crippen LogP contribution in [0.4, 0.5) is 5.82 Å². The summed E-state index contributed by atoms with van der Waals surface area (Å²) < 4.78 is 2.91. The number of nitrogens with zero attached hydrogens (tertiary/aromatic N) is 3. The van der Waals surface area contributed by atoms with Gasteiger partial charge in [0.15, 0.2) is 0 Å². The van der Waals surface area contributed by atoms with Crippen LogP contribution in [0.5, 0.6) is 0 Å². The predicted octanol–water partition coefficient (Wildman–Crippen LogP) is 5.05. The molecule has 1 fully saturated rings. The van der Waals surface area contributed by atoms with Crippen molar-refractivity contribution in [1.82, 2.24) is 9.97 Å². The van der Waals surface area contributed by atoms with Crippen LogP contribution in [0, 0.1) is 0 Å². The molecular weight excluding hydrogens is 450 g/mol. The third-order valence-electron chi connectivity index (χ3n) is 2.83. The quantitative estimate of drug-likeness (QED) is 0.554. The molecule has 0 saturated carbocycles. The molecule has 0 radical (unpaired) electrons. The molecule has 6 heteroatoms. The Morgan fingerprint density at radius 1 is 0.800 bits per heavy atom. The molecule has 2 aromatic heterocycles. The maximum atomic E-state index is 4.34. The summed E-state index contributed by atoms with van der Waals surface area (Å²) in [5, 5.41) is 0. The second-order valence-electron chi connectivity index (χ2n) is 4.33. The molecule has 0 aromatic carbocycles. The summed E-state index contributed by atoms with van der Waals surface area (Å²) in [7, 11) is 0. The zero-order valence-corrected chi connectivity index (χ0v) is 15.5. The molecule has 2 aromatic rings. The summed E-state index contributed by atoms with van der Waals surface area (Å²) in [6.45, 7) is 2.32. The number of hydrogen-bond donors (Lipinski definition) is 0. The first kappa shape index (κ1) is 15.9. The summed E-state index contributed by atoms with van der Waals surface area (Å²) in [5.41, 5.74) is 0. The molecule has 0 spiro atoms. The van der Waals surface area contributed by atoms with E-state index in [2.05, 4.69) is 68.7 Å². The standard InChI is InChI=1S/C9H11BrN2.C5H3Br2N/c10-8-3-4-9(11-7-8)12-5-1-2-6-12;6-4-1-2-5(7)8-3-4/h3-4,7H,1-2,5-6H2;1-3H. The minimum atomic E-state index is 0.862. The largest absolute Gasteiger partial charge is 0.357 e. The fraction of sp³-hybridized carbons (Fsp3) is 0.286. The van der Waals surface area contributed by atoms with Gasteiger partial charge in [-0.1, -0.05) is 0 Å². The van der Waals surface area contributed by atoms with Crippen molar-refractivity contribution in [3.8, 4) is 0 Å². The Bertz CT molecular complexity index is 501. The molecule has 20 heavy (non-hydrogen) atoms. The van der Waals surface area contributed by atoms with Crippen LogP contribution in [0.3, 0.4) is 0 Å². The first-order chi connectivity index (χ1) is 9.65. The Balaban J connectivity index is 0.000000160. The Hall–Kier alpha value is -0.460. The van der Waals surface area contributed by atoms with Gasteiger partial charge in [-0.05, 0) is 84.9 Å². The second-order valence-corrected chi connectivity index (χ2v) is 6.97. The molecule has 0 N–H and O–H groups in total. The number of aromatic nitrogens is 2.